The molecule has 0 aliphatic heterocycles. The van der Waals surface area contributed by atoms with E-state index in [2.05, 4.69) is 0 Å². The highest BCUT2D eigenvalue weighted by atomic mass is 32.2. The summed E-state index contributed by atoms with van der Waals surface area (Å²) in [5.41, 5.74) is 0.467. The third kappa shape index (κ3) is 4.34. The maximum atomic E-state index is 12.5. The molecule has 1 rings (SSSR count). The Morgan fingerprint density at radius 2 is 1.80 bits per heavy atom. The maximum Gasteiger partial charge on any atom is 0.328 e. The number of carbonyl (C=O) groups excluding carboxylic acids is 1. The fourth-order valence-electron chi connectivity index (χ4n) is 1.95. The Labute approximate surface area is 121 Å². The van der Waals surface area contributed by atoms with Gasteiger partial charge in [0, 0.05) is 0 Å². The molecule has 0 heterocycles. The molecule has 0 fully saturated rings. The maximum absolute atomic E-state index is 12.5. The van der Waals surface area contributed by atoms with Crippen molar-refractivity contribution in [3.8, 4) is 0 Å². The summed E-state index contributed by atoms with van der Waals surface area (Å²) < 4.78 is 30.0. The van der Waals surface area contributed by atoms with E-state index >= 15 is 0 Å². The SMILES string of the molecule is CCOC(=O)C(c1ccccc1)S(=O)(=O)CC(C)CC. The molecular formula is C15H22O4S. The highest BCUT2D eigenvalue weighted by Crippen LogP contribution is 2.26. The Morgan fingerprint density at radius 3 is 2.30 bits per heavy atom. The molecular weight excluding hydrogens is 276 g/mol. The van der Waals surface area contributed by atoms with E-state index < -0.39 is 21.1 Å². The number of hydrogen-bond donors (Lipinski definition) is 0. The average molecular weight is 298 g/mol. The Morgan fingerprint density at radius 1 is 1.20 bits per heavy atom. The number of benzene rings is 1. The zero-order valence-corrected chi connectivity index (χ0v) is 13.0. The second kappa shape index (κ2) is 7.43. The molecule has 4 nitrogen and oxygen atoms in total. The molecule has 1 aromatic carbocycles. The Bertz CT molecular complexity index is 522. The van der Waals surface area contributed by atoms with E-state index in [-0.39, 0.29) is 18.3 Å². The van der Waals surface area contributed by atoms with E-state index in [4.69, 9.17) is 4.74 Å². The van der Waals surface area contributed by atoms with Crippen molar-refractivity contribution in [1.29, 1.82) is 0 Å². The lowest BCUT2D eigenvalue weighted by molar-refractivity contribution is -0.142. The van der Waals surface area contributed by atoms with Crippen LogP contribution in [-0.4, -0.2) is 26.7 Å². The zero-order valence-electron chi connectivity index (χ0n) is 12.2. The summed E-state index contributed by atoms with van der Waals surface area (Å²) in [5.74, 6) is -0.690. The number of carbonyl (C=O) groups is 1. The molecule has 0 bridgehead atoms. The molecule has 2 unspecified atom stereocenters. The van der Waals surface area contributed by atoms with Crippen molar-refractivity contribution in [3.63, 3.8) is 0 Å². The minimum absolute atomic E-state index is 0.0120. The van der Waals surface area contributed by atoms with E-state index in [9.17, 15) is 13.2 Å². The molecule has 0 aromatic heterocycles. The van der Waals surface area contributed by atoms with Crippen LogP contribution in [0.25, 0.3) is 0 Å². The molecule has 0 aliphatic rings. The number of ether oxygens (including phenoxy) is 1. The zero-order chi connectivity index (χ0) is 15.2. The van der Waals surface area contributed by atoms with Crippen LogP contribution in [-0.2, 0) is 19.4 Å². The third-order valence-corrected chi connectivity index (χ3v) is 5.39. The first-order valence-corrected chi connectivity index (χ1v) is 8.57. The number of rotatable bonds is 7. The van der Waals surface area contributed by atoms with Crippen LogP contribution in [0.1, 0.15) is 38.0 Å². The van der Waals surface area contributed by atoms with Gasteiger partial charge in [-0.15, -0.1) is 0 Å². The summed E-state index contributed by atoms with van der Waals surface area (Å²) in [4.78, 5) is 12.1. The smallest absolute Gasteiger partial charge is 0.328 e. The number of hydrogen-bond acceptors (Lipinski definition) is 4. The first-order valence-electron chi connectivity index (χ1n) is 6.85. The van der Waals surface area contributed by atoms with Gasteiger partial charge < -0.3 is 4.74 Å². The van der Waals surface area contributed by atoms with Crippen molar-refractivity contribution in [2.24, 2.45) is 5.92 Å². The lowest BCUT2D eigenvalue weighted by Gasteiger charge is -2.18. The Hall–Kier alpha value is -1.36. The summed E-state index contributed by atoms with van der Waals surface area (Å²) in [6.07, 6.45) is 0.754. The second-order valence-electron chi connectivity index (χ2n) is 4.89. The first kappa shape index (κ1) is 16.7. The van der Waals surface area contributed by atoms with E-state index in [0.29, 0.717) is 5.56 Å². The van der Waals surface area contributed by atoms with E-state index in [1.165, 1.54) is 0 Å². The van der Waals surface area contributed by atoms with Crippen LogP contribution in [0.5, 0.6) is 0 Å². The van der Waals surface area contributed by atoms with Gasteiger partial charge in [-0.3, -0.25) is 4.79 Å². The van der Waals surface area contributed by atoms with Crippen molar-refractivity contribution in [3.05, 3.63) is 35.9 Å². The van der Waals surface area contributed by atoms with Crippen molar-refractivity contribution in [1.82, 2.24) is 0 Å². The highest BCUT2D eigenvalue weighted by Gasteiger charge is 2.35. The van der Waals surface area contributed by atoms with Crippen molar-refractivity contribution in [2.45, 2.75) is 32.4 Å². The summed E-state index contributed by atoms with van der Waals surface area (Å²) >= 11 is 0. The van der Waals surface area contributed by atoms with E-state index in [1.54, 1.807) is 37.3 Å². The van der Waals surface area contributed by atoms with Crippen LogP contribution in [0.2, 0.25) is 0 Å². The van der Waals surface area contributed by atoms with Crippen molar-refractivity contribution >= 4 is 15.8 Å². The Kier molecular flexibility index (Phi) is 6.20. The fraction of sp³-hybridized carbons (Fsp3) is 0.533. The van der Waals surface area contributed by atoms with Crippen LogP contribution >= 0.6 is 0 Å². The predicted octanol–water partition coefficient (Wildman–Crippen LogP) is 2.75. The summed E-state index contributed by atoms with van der Waals surface area (Å²) in [5, 5.41) is -1.22. The molecule has 1 aromatic rings. The first-order chi connectivity index (χ1) is 9.42. The number of sulfone groups is 1. The van der Waals surface area contributed by atoms with Gasteiger partial charge in [0.2, 0.25) is 0 Å². The van der Waals surface area contributed by atoms with Gasteiger partial charge in [-0.05, 0) is 18.4 Å². The normalized spacial score (nSPS) is 14.6. The van der Waals surface area contributed by atoms with E-state index in [1.807, 2.05) is 13.8 Å². The standard InChI is InChI=1S/C15H22O4S/c1-4-12(3)11-20(17,18)14(15(16)19-5-2)13-9-7-6-8-10-13/h6-10,12,14H,4-5,11H2,1-3H3. The van der Waals surface area contributed by atoms with Gasteiger partial charge in [-0.1, -0.05) is 50.6 Å². The Balaban J connectivity index is 3.14. The molecule has 0 radical (unpaired) electrons. The molecule has 112 valence electrons. The fourth-order valence-corrected chi connectivity index (χ4v) is 4.10. The van der Waals surface area contributed by atoms with Gasteiger partial charge in [0.05, 0.1) is 12.4 Å². The summed E-state index contributed by atoms with van der Waals surface area (Å²) in [7, 11) is -3.58. The minimum atomic E-state index is -3.58. The van der Waals surface area contributed by atoms with Crippen LogP contribution in [0.3, 0.4) is 0 Å². The minimum Gasteiger partial charge on any atom is -0.465 e. The van der Waals surface area contributed by atoms with Crippen LogP contribution < -0.4 is 0 Å². The van der Waals surface area contributed by atoms with Gasteiger partial charge in [0.15, 0.2) is 15.1 Å². The molecule has 0 N–H and O–H groups in total. The molecule has 0 saturated carbocycles. The van der Waals surface area contributed by atoms with Gasteiger partial charge >= 0.3 is 5.97 Å². The summed E-state index contributed by atoms with van der Waals surface area (Å²) in [6, 6.07) is 8.53. The molecule has 5 heteroatoms. The predicted molar refractivity (Wildman–Crippen MR) is 79.1 cm³/mol. The van der Waals surface area contributed by atoms with Crippen molar-refractivity contribution < 1.29 is 17.9 Å². The molecule has 0 aliphatic carbocycles. The van der Waals surface area contributed by atoms with Gasteiger partial charge in [-0.25, -0.2) is 8.42 Å². The molecule has 0 spiro atoms. The largest absolute Gasteiger partial charge is 0.465 e. The molecule has 0 saturated heterocycles. The van der Waals surface area contributed by atoms with Crippen LogP contribution in [0.4, 0.5) is 0 Å². The van der Waals surface area contributed by atoms with E-state index in [0.717, 1.165) is 6.42 Å². The molecule has 20 heavy (non-hydrogen) atoms. The highest BCUT2D eigenvalue weighted by molar-refractivity contribution is 7.92. The van der Waals surface area contributed by atoms with Crippen LogP contribution in [0.15, 0.2) is 30.3 Å². The number of esters is 1. The average Bonchev–Trinajstić information content (AvgIpc) is 2.39. The molecule has 2 atom stereocenters. The summed E-state index contributed by atoms with van der Waals surface area (Å²) in [6.45, 7) is 5.63. The van der Waals surface area contributed by atoms with Gasteiger partial charge in [-0.2, -0.15) is 0 Å². The second-order valence-corrected chi connectivity index (χ2v) is 7.02. The third-order valence-electron chi connectivity index (χ3n) is 3.18. The lowest BCUT2D eigenvalue weighted by atomic mass is 10.1. The van der Waals surface area contributed by atoms with Crippen molar-refractivity contribution in [2.75, 3.05) is 12.4 Å². The monoisotopic (exact) mass is 298 g/mol. The topological polar surface area (TPSA) is 60.4 Å². The quantitative estimate of drug-likeness (QED) is 0.726. The lowest BCUT2D eigenvalue weighted by Crippen LogP contribution is -2.28. The van der Waals surface area contributed by atoms with Crippen LogP contribution in [0, 0.1) is 5.92 Å². The molecule has 0 amide bonds. The van der Waals surface area contributed by atoms with Gasteiger partial charge in [0.25, 0.3) is 0 Å². The van der Waals surface area contributed by atoms with Gasteiger partial charge in [0.1, 0.15) is 0 Å².